The molecule has 0 saturated heterocycles. The number of rotatable bonds is 4. The van der Waals surface area contributed by atoms with Crippen molar-refractivity contribution in [3.05, 3.63) is 35.4 Å². The van der Waals surface area contributed by atoms with Gasteiger partial charge in [0.05, 0.1) is 7.11 Å². The first kappa shape index (κ1) is 14.6. The first-order valence-corrected chi connectivity index (χ1v) is 5.58. The molecule has 100 valence electrons. The lowest BCUT2D eigenvalue weighted by Gasteiger charge is -2.27. The zero-order valence-electron chi connectivity index (χ0n) is 10.9. The van der Waals surface area contributed by atoms with E-state index in [0.717, 1.165) is 6.07 Å². The highest BCUT2D eigenvalue weighted by Crippen LogP contribution is 2.19. The SMILES string of the molecule is COC(=O)C(C)(C)NC(C)c1cc(F)cc(F)c1. The van der Waals surface area contributed by atoms with Crippen molar-refractivity contribution in [3.63, 3.8) is 0 Å². The highest BCUT2D eigenvalue weighted by Gasteiger charge is 2.30. The van der Waals surface area contributed by atoms with E-state index in [2.05, 4.69) is 10.1 Å². The Morgan fingerprint density at radius 2 is 1.78 bits per heavy atom. The van der Waals surface area contributed by atoms with E-state index in [1.54, 1.807) is 20.8 Å². The van der Waals surface area contributed by atoms with Gasteiger partial charge in [0, 0.05) is 12.1 Å². The van der Waals surface area contributed by atoms with Crippen LogP contribution in [0, 0.1) is 11.6 Å². The molecular formula is C13H17F2NO2. The normalized spacial score (nSPS) is 13.2. The quantitative estimate of drug-likeness (QED) is 0.842. The van der Waals surface area contributed by atoms with Crippen molar-refractivity contribution in [3.8, 4) is 0 Å². The average molecular weight is 257 g/mol. The minimum atomic E-state index is -0.934. The number of hydrogen-bond donors (Lipinski definition) is 1. The summed E-state index contributed by atoms with van der Waals surface area (Å²) in [5.74, 6) is -1.73. The molecular weight excluding hydrogens is 240 g/mol. The van der Waals surface area contributed by atoms with E-state index in [1.807, 2.05) is 0 Å². The molecule has 5 heteroatoms. The lowest BCUT2D eigenvalue weighted by molar-refractivity contribution is -0.147. The Kier molecular flexibility index (Phi) is 4.40. The highest BCUT2D eigenvalue weighted by atomic mass is 19.1. The summed E-state index contributed by atoms with van der Waals surface area (Å²) in [4.78, 5) is 11.5. The van der Waals surface area contributed by atoms with Gasteiger partial charge in [-0.3, -0.25) is 10.1 Å². The zero-order chi connectivity index (χ0) is 13.9. The van der Waals surface area contributed by atoms with Gasteiger partial charge in [0.1, 0.15) is 17.2 Å². The van der Waals surface area contributed by atoms with E-state index >= 15 is 0 Å². The summed E-state index contributed by atoms with van der Waals surface area (Å²) in [6, 6.07) is 2.88. The lowest BCUT2D eigenvalue weighted by atomic mass is 10.0. The van der Waals surface area contributed by atoms with Gasteiger partial charge in [-0.25, -0.2) is 8.78 Å². The van der Waals surface area contributed by atoms with Crippen LogP contribution in [0.15, 0.2) is 18.2 Å². The van der Waals surface area contributed by atoms with Gasteiger partial charge in [-0.2, -0.15) is 0 Å². The molecule has 0 aliphatic carbocycles. The van der Waals surface area contributed by atoms with Gasteiger partial charge >= 0.3 is 5.97 Å². The fourth-order valence-electron chi connectivity index (χ4n) is 1.76. The predicted molar refractivity (Wildman–Crippen MR) is 64.0 cm³/mol. The van der Waals surface area contributed by atoms with Gasteiger partial charge in [-0.15, -0.1) is 0 Å². The Morgan fingerprint density at radius 1 is 1.28 bits per heavy atom. The van der Waals surface area contributed by atoms with Gasteiger partial charge in [-0.05, 0) is 38.5 Å². The maximum Gasteiger partial charge on any atom is 0.325 e. The molecule has 0 bridgehead atoms. The van der Waals surface area contributed by atoms with Crippen molar-refractivity contribution in [1.29, 1.82) is 0 Å². The Labute approximate surface area is 105 Å². The summed E-state index contributed by atoms with van der Waals surface area (Å²) in [5.41, 5.74) is -0.499. The number of esters is 1. The molecule has 0 radical (unpaired) electrons. The first-order chi connectivity index (χ1) is 8.26. The van der Waals surface area contributed by atoms with E-state index in [1.165, 1.54) is 19.2 Å². The third-order valence-corrected chi connectivity index (χ3v) is 2.66. The smallest absolute Gasteiger partial charge is 0.325 e. The number of nitrogens with one attached hydrogen (secondary N) is 1. The second-order valence-electron chi connectivity index (χ2n) is 4.69. The molecule has 1 atom stereocenters. The minimum Gasteiger partial charge on any atom is -0.468 e. The van der Waals surface area contributed by atoms with Crippen molar-refractivity contribution in [1.82, 2.24) is 5.32 Å². The minimum absolute atomic E-state index is 0.385. The van der Waals surface area contributed by atoms with Crippen LogP contribution in [0.5, 0.6) is 0 Å². The van der Waals surface area contributed by atoms with Crippen LogP contribution in [0.1, 0.15) is 32.4 Å². The fourth-order valence-corrected chi connectivity index (χ4v) is 1.76. The highest BCUT2D eigenvalue weighted by molar-refractivity contribution is 5.79. The average Bonchev–Trinajstić information content (AvgIpc) is 2.25. The lowest BCUT2D eigenvalue weighted by Crippen LogP contribution is -2.48. The van der Waals surface area contributed by atoms with Crippen LogP contribution in [-0.2, 0) is 9.53 Å². The summed E-state index contributed by atoms with van der Waals surface area (Å²) >= 11 is 0. The monoisotopic (exact) mass is 257 g/mol. The summed E-state index contributed by atoms with van der Waals surface area (Å²) in [6.07, 6.45) is 0. The summed E-state index contributed by atoms with van der Waals surface area (Å²) < 4.78 is 30.8. The van der Waals surface area contributed by atoms with Crippen molar-refractivity contribution in [2.45, 2.75) is 32.4 Å². The van der Waals surface area contributed by atoms with Gasteiger partial charge in [0.25, 0.3) is 0 Å². The standard InChI is InChI=1S/C13H17F2NO2/c1-8(16-13(2,3)12(17)18-4)9-5-10(14)7-11(15)6-9/h5-8,16H,1-4H3. The number of carbonyl (C=O) groups is 1. The Bertz CT molecular complexity index is 426. The zero-order valence-corrected chi connectivity index (χ0v) is 10.9. The van der Waals surface area contributed by atoms with E-state index in [-0.39, 0.29) is 6.04 Å². The molecule has 1 aromatic rings. The molecule has 0 fully saturated rings. The van der Waals surface area contributed by atoms with E-state index in [9.17, 15) is 13.6 Å². The van der Waals surface area contributed by atoms with Crippen molar-refractivity contribution in [2.24, 2.45) is 0 Å². The molecule has 1 rings (SSSR count). The van der Waals surface area contributed by atoms with Crippen molar-refractivity contribution >= 4 is 5.97 Å². The molecule has 18 heavy (non-hydrogen) atoms. The van der Waals surface area contributed by atoms with E-state index in [4.69, 9.17) is 0 Å². The molecule has 0 aromatic heterocycles. The molecule has 0 spiro atoms. The molecule has 0 aliphatic rings. The molecule has 0 amide bonds. The van der Waals surface area contributed by atoms with Crippen LogP contribution in [0.4, 0.5) is 8.78 Å². The fraction of sp³-hybridized carbons (Fsp3) is 0.462. The second-order valence-corrected chi connectivity index (χ2v) is 4.69. The number of benzene rings is 1. The molecule has 3 nitrogen and oxygen atoms in total. The Morgan fingerprint density at radius 3 is 2.22 bits per heavy atom. The van der Waals surface area contributed by atoms with E-state index in [0.29, 0.717) is 5.56 Å². The van der Waals surface area contributed by atoms with Crippen LogP contribution in [-0.4, -0.2) is 18.6 Å². The van der Waals surface area contributed by atoms with Crippen molar-refractivity contribution in [2.75, 3.05) is 7.11 Å². The van der Waals surface area contributed by atoms with Crippen LogP contribution in [0.3, 0.4) is 0 Å². The van der Waals surface area contributed by atoms with Gasteiger partial charge in [0.15, 0.2) is 0 Å². The molecule has 1 aromatic carbocycles. The third kappa shape index (κ3) is 3.50. The Hall–Kier alpha value is -1.49. The largest absolute Gasteiger partial charge is 0.468 e. The first-order valence-electron chi connectivity index (χ1n) is 5.58. The summed E-state index contributed by atoms with van der Waals surface area (Å²) in [7, 11) is 1.29. The van der Waals surface area contributed by atoms with Crippen LogP contribution in [0.2, 0.25) is 0 Å². The molecule has 1 unspecified atom stereocenters. The summed E-state index contributed by atoms with van der Waals surface area (Å²) in [5, 5.41) is 2.97. The number of carbonyl (C=O) groups excluding carboxylic acids is 1. The van der Waals surface area contributed by atoms with E-state index < -0.39 is 23.1 Å². The van der Waals surface area contributed by atoms with Crippen LogP contribution < -0.4 is 5.32 Å². The summed E-state index contributed by atoms with van der Waals surface area (Å²) in [6.45, 7) is 5.01. The molecule has 0 saturated carbocycles. The predicted octanol–water partition coefficient (Wildman–Crippen LogP) is 2.57. The maximum atomic E-state index is 13.1. The number of halogens is 2. The molecule has 0 aliphatic heterocycles. The van der Waals surface area contributed by atoms with Crippen molar-refractivity contribution < 1.29 is 18.3 Å². The van der Waals surface area contributed by atoms with Gasteiger partial charge in [-0.1, -0.05) is 0 Å². The topological polar surface area (TPSA) is 38.3 Å². The van der Waals surface area contributed by atoms with Crippen LogP contribution in [0.25, 0.3) is 0 Å². The number of hydrogen-bond acceptors (Lipinski definition) is 3. The van der Waals surface area contributed by atoms with Crippen LogP contribution >= 0.6 is 0 Å². The molecule has 0 heterocycles. The molecule has 1 N–H and O–H groups in total. The number of ether oxygens (including phenoxy) is 1. The van der Waals surface area contributed by atoms with Gasteiger partial charge < -0.3 is 4.74 Å². The maximum absolute atomic E-state index is 13.1. The third-order valence-electron chi connectivity index (χ3n) is 2.66. The second kappa shape index (κ2) is 5.44. The van der Waals surface area contributed by atoms with Gasteiger partial charge in [0.2, 0.25) is 0 Å². The number of methoxy groups -OCH3 is 1. The Balaban J connectivity index is 2.88.